The molecule has 0 spiro atoms. The van der Waals surface area contributed by atoms with Gasteiger partial charge in [-0.1, -0.05) is 18.2 Å². The Morgan fingerprint density at radius 1 is 1.40 bits per heavy atom. The van der Waals surface area contributed by atoms with Crippen molar-refractivity contribution in [2.45, 2.75) is 45.3 Å². The zero-order valence-electron chi connectivity index (χ0n) is 15.1. The molecule has 0 bridgehead atoms. The minimum atomic E-state index is -0.204. The van der Waals surface area contributed by atoms with Crippen LogP contribution in [0.3, 0.4) is 0 Å². The van der Waals surface area contributed by atoms with Gasteiger partial charge < -0.3 is 15.4 Å². The third-order valence-electron chi connectivity index (χ3n) is 4.11. The maximum atomic E-state index is 6.11. The Kier molecular flexibility index (Phi) is 5.58. The fraction of sp³-hybridized carbons (Fsp3) is 0.474. The van der Waals surface area contributed by atoms with Crippen molar-refractivity contribution in [1.29, 1.82) is 0 Å². The molecule has 5 nitrogen and oxygen atoms in total. The molecule has 1 atom stereocenters. The molecule has 0 aliphatic carbocycles. The Hall–Kier alpha value is -2.08. The summed E-state index contributed by atoms with van der Waals surface area (Å²) in [5.74, 6) is 1.80. The van der Waals surface area contributed by atoms with Gasteiger partial charge in [0, 0.05) is 43.1 Å². The van der Waals surface area contributed by atoms with Gasteiger partial charge in [-0.2, -0.15) is 0 Å². The molecular formula is C19H26N4OS. The minimum absolute atomic E-state index is 0.178. The van der Waals surface area contributed by atoms with Crippen molar-refractivity contribution in [2.24, 2.45) is 4.99 Å². The molecule has 1 aliphatic rings. The van der Waals surface area contributed by atoms with Gasteiger partial charge in [0.15, 0.2) is 5.96 Å². The van der Waals surface area contributed by atoms with Crippen LogP contribution in [-0.2, 0) is 6.42 Å². The van der Waals surface area contributed by atoms with Gasteiger partial charge in [0.1, 0.15) is 11.4 Å². The summed E-state index contributed by atoms with van der Waals surface area (Å²) in [6.07, 6.45) is 3.60. The minimum Gasteiger partial charge on any atom is -0.487 e. The number of thiazole rings is 1. The molecule has 0 saturated carbocycles. The molecule has 3 rings (SSSR count). The Balaban J connectivity index is 1.72. The molecule has 2 heterocycles. The largest absolute Gasteiger partial charge is 0.487 e. The number of hydrogen-bond donors (Lipinski definition) is 2. The number of aromatic nitrogens is 1. The van der Waals surface area contributed by atoms with E-state index in [9.17, 15) is 0 Å². The molecule has 1 aromatic carbocycles. The summed E-state index contributed by atoms with van der Waals surface area (Å²) in [4.78, 5) is 9.04. The van der Waals surface area contributed by atoms with Gasteiger partial charge >= 0.3 is 0 Å². The summed E-state index contributed by atoms with van der Waals surface area (Å²) in [6, 6.07) is 8.42. The lowest BCUT2D eigenvalue weighted by molar-refractivity contribution is 0.0694. The summed E-state index contributed by atoms with van der Waals surface area (Å²) < 4.78 is 6.11. The predicted octanol–water partition coefficient (Wildman–Crippen LogP) is 3.54. The standard InChI is InChI=1S/C19H26N4OS/c1-4-20-18(22-10-9-17-21-11-12-25-17)23-15-13-19(2,3)24-16-8-6-5-7-14(15)16/h5-8,11-12,15H,4,9-10,13H2,1-3H3,(H2,20,22,23). The first-order chi connectivity index (χ1) is 12.1. The van der Waals surface area contributed by atoms with Gasteiger partial charge in [-0.25, -0.2) is 4.98 Å². The zero-order valence-corrected chi connectivity index (χ0v) is 15.9. The van der Waals surface area contributed by atoms with Crippen LogP contribution in [0.25, 0.3) is 0 Å². The monoisotopic (exact) mass is 358 g/mol. The fourth-order valence-corrected chi connectivity index (χ4v) is 3.67. The molecular weight excluding hydrogens is 332 g/mol. The maximum absolute atomic E-state index is 6.11. The van der Waals surface area contributed by atoms with Gasteiger partial charge in [-0.15, -0.1) is 11.3 Å². The number of nitrogens with one attached hydrogen (secondary N) is 2. The first-order valence-electron chi connectivity index (χ1n) is 8.78. The average molecular weight is 359 g/mol. The molecule has 0 fully saturated rings. The molecule has 1 aromatic heterocycles. The topological polar surface area (TPSA) is 58.5 Å². The van der Waals surface area contributed by atoms with Gasteiger partial charge in [0.05, 0.1) is 11.0 Å². The fourth-order valence-electron chi connectivity index (χ4n) is 3.06. The maximum Gasteiger partial charge on any atom is 0.191 e. The number of benzene rings is 1. The number of fused-ring (bicyclic) bond motifs is 1. The van der Waals surface area contributed by atoms with Crippen LogP contribution in [0.4, 0.5) is 0 Å². The quantitative estimate of drug-likeness (QED) is 0.634. The SMILES string of the molecule is CCNC(=NCCc1nccs1)NC1CC(C)(C)Oc2ccccc21. The Morgan fingerprint density at radius 3 is 3.00 bits per heavy atom. The first-order valence-corrected chi connectivity index (χ1v) is 9.66. The van der Waals surface area contributed by atoms with Crippen molar-refractivity contribution >= 4 is 17.3 Å². The van der Waals surface area contributed by atoms with Crippen LogP contribution in [0.1, 0.15) is 43.8 Å². The summed E-state index contributed by atoms with van der Waals surface area (Å²) in [5.41, 5.74) is 0.983. The van der Waals surface area contributed by atoms with Gasteiger partial charge in [-0.05, 0) is 26.8 Å². The van der Waals surface area contributed by atoms with Crippen LogP contribution in [0.2, 0.25) is 0 Å². The van der Waals surface area contributed by atoms with Crippen LogP contribution >= 0.6 is 11.3 Å². The normalized spacial score (nSPS) is 19.0. The van der Waals surface area contributed by atoms with Gasteiger partial charge in [-0.3, -0.25) is 4.99 Å². The molecule has 1 unspecified atom stereocenters. The Morgan fingerprint density at radius 2 is 2.24 bits per heavy atom. The third kappa shape index (κ3) is 4.72. The number of hydrogen-bond acceptors (Lipinski definition) is 4. The number of nitrogens with zero attached hydrogens (tertiary/aromatic N) is 2. The Bertz CT molecular complexity index is 712. The molecule has 0 saturated heterocycles. The van der Waals surface area contributed by atoms with Crippen LogP contribution in [0.15, 0.2) is 40.8 Å². The third-order valence-corrected chi connectivity index (χ3v) is 4.95. The predicted molar refractivity (Wildman–Crippen MR) is 103 cm³/mol. The second-order valence-corrected chi connectivity index (χ2v) is 7.72. The summed E-state index contributed by atoms with van der Waals surface area (Å²) in [7, 11) is 0. The number of guanidine groups is 1. The molecule has 0 amide bonds. The summed E-state index contributed by atoms with van der Waals surface area (Å²) >= 11 is 1.68. The number of rotatable bonds is 5. The number of ether oxygens (including phenoxy) is 1. The van der Waals surface area contributed by atoms with E-state index in [2.05, 4.69) is 48.5 Å². The van der Waals surface area contributed by atoms with Crippen molar-refractivity contribution in [1.82, 2.24) is 15.6 Å². The second kappa shape index (κ2) is 7.87. The van der Waals surface area contributed by atoms with E-state index in [4.69, 9.17) is 9.73 Å². The smallest absolute Gasteiger partial charge is 0.191 e. The highest BCUT2D eigenvalue weighted by atomic mass is 32.1. The molecule has 2 N–H and O–H groups in total. The number of aliphatic imine (C=N–C) groups is 1. The van der Waals surface area contributed by atoms with E-state index >= 15 is 0 Å². The molecule has 1 aliphatic heterocycles. The van der Waals surface area contributed by atoms with Gasteiger partial charge in [0.2, 0.25) is 0 Å². The number of para-hydroxylation sites is 1. The first kappa shape index (κ1) is 17.7. The summed E-state index contributed by atoms with van der Waals surface area (Å²) in [5, 5.41) is 10.1. The van der Waals surface area contributed by atoms with Crippen molar-refractivity contribution in [3.05, 3.63) is 46.4 Å². The van der Waals surface area contributed by atoms with E-state index in [-0.39, 0.29) is 11.6 Å². The van der Waals surface area contributed by atoms with E-state index in [0.717, 1.165) is 42.6 Å². The van der Waals surface area contributed by atoms with E-state index < -0.39 is 0 Å². The van der Waals surface area contributed by atoms with Crippen LogP contribution in [0.5, 0.6) is 5.75 Å². The van der Waals surface area contributed by atoms with E-state index in [1.807, 2.05) is 23.7 Å². The molecule has 0 radical (unpaired) electrons. The van der Waals surface area contributed by atoms with E-state index in [1.54, 1.807) is 11.3 Å². The lowest BCUT2D eigenvalue weighted by Crippen LogP contribution is -2.45. The average Bonchev–Trinajstić information content (AvgIpc) is 3.07. The molecule has 2 aromatic rings. The van der Waals surface area contributed by atoms with Crippen LogP contribution in [0, 0.1) is 0 Å². The lowest BCUT2D eigenvalue weighted by Gasteiger charge is -2.38. The van der Waals surface area contributed by atoms with Crippen LogP contribution in [-0.4, -0.2) is 29.6 Å². The zero-order chi connectivity index (χ0) is 17.7. The highest BCUT2D eigenvalue weighted by molar-refractivity contribution is 7.09. The van der Waals surface area contributed by atoms with Crippen molar-refractivity contribution in [3.8, 4) is 5.75 Å². The highest BCUT2D eigenvalue weighted by Gasteiger charge is 2.33. The molecule has 25 heavy (non-hydrogen) atoms. The highest BCUT2D eigenvalue weighted by Crippen LogP contribution is 2.39. The van der Waals surface area contributed by atoms with Crippen molar-refractivity contribution in [2.75, 3.05) is 13.1 Å². The van der Waals surface area contributed by atoms with Crippen LogP contribution < -0.4 is 15.4 Å². The lowest BCUT2D eigenvalue weighted by atomic mass is 9.90. The Labute approximate surface area is 153 Å². The van der Waals surface area contributed by atoms with E-state index in [1.165, 1.54) is 5.56 Å². The van der Waals surface area contributed by atoms with E-state index in [0.29, 0.717) is 0 Å². The molecule has 6 heteroatoms. The second-order valence-electron chi connectivity index (χ2n) is 6.74. The van der Waals surface area contributed by atoms with Crippen molar-refractivity contribution in [3.63, 3.8) is 0 Å². The van der Waals surface area contributed by atoms with Crippen molar-refractivity contribution < 1.29 is 4.74 Å². The summed E-state index contributed by atoms with van der Waals surface area (Å²) in [6.45, 7) is 7.89. The molecule has 134 valence electrons. The van der Waals surface area contributed by atoms with Gasteiger partial charge in [0.25, 0.3) is 0 Å².